The molecule has 6 heteroatoms. The molecule has 2 amide bonds. The molecule has 1 saturated carbocycles. The van der Waals surface area contributed by atoms with Gasteiger partial charge in [0.25, 0.3) is 5.91 Å². The van der Waals surface area contributed by atoms with Crippen LogP contribution >= 0.6 is 0 Å². The number of nitrogens with one attached hydrogen (secondary N) is 1. The summed E-state index contributed by atoms with van der Waals surface area (Å²) in [5, 5.41) is 6.85. The van der Waals surface area contributed by atoms with Crippen LogP contribution in [0.15, 0.2) is 28.8 Å². The van der Waals surface area contributed by atoms with E-state index in [4.69, 9.17) is 4.52 Å². The fourth-order valence-electron chi connectivity index (χ4n) is 3.43. The number of hydrogen-bond acceptors (Lipinski definition) is 4. The molecule has 4 rings (SSSR count). The number of hydrogen-bond donors (Lipinski definition) is 1. The van der Waals surface area contributed by atoms with Crippen molar-refractivity contribution in [2.45, 2.75) is 45.1 Å². The number of amides is 2. The van der Waals surface area contributed by atoms with E-state index in [2.05, 4.69) is 10.5 Å². The van der Waals surface area contributed by atoms with E-state index >= 15 is 0 Å². The standard InChI is InChI=1S/C19H21N3O3/c1-11(19(24)22-10-9-13-5-3-4-6-15(13)22)20-18(23)16-12(2)25-21-17(16)14-7-8-14/h3-6,11,14H,7-10H2,1-2H3,(H,20,23). The van der Waals surface area contributed by atoms with Crippen LogP contribution in [0.1, 0.15) is 53.1 Å². The number of para-hydroxylation sites is 1. The summed E-state index contributed by atoms with van der Waals surface area (Å²) in [7, 11) is 0. The Hall–Kier alpha value is -2.63. The summed E-state index contributed by atoms with van der Waals surface area (Å²) in [6.45, 7) is 4.11. The molecule has 1 aliphatic heterocycles. The maximum Gasteiger partial charge on any atom is 0.257 e. The summed E-state index contributed by atoms with van der Waals surface area (Å²) in [6, 6.07) is 7.28. The van der Waals surface area contributed by atoms with Gasteiger partial charge in [-0.1, -0.05) is 23.4 Å². The molecule has 0 bridgehead atoms. The number of rotatable bonds is 4. The zero-order valence-electron chi connectivity index (χ0n) is 14.4. The monoisotopic (exact) mass is 339 g/mol. The first-order valence-electron chi connectivity index (χ1n) is 8.72. The van der Waals surface area contributed by atoms with Crippen LogP contribution in [-0.2, 0) is 11.2 Å². The molecule has 1 N–H and O–H groups in total. The van der Waals surface area contributed by atoms with Crippen molar-refractivity contribution in [2.24, 2.45) is 0 Å². The molecule has 1 aliphatic carbocycles. The molecule has 0 saturated heterocycles. The van der Waals surface area contributed by atoms with Crippen molar-refractivity contribution in [3.8, 4) is 0 Å². The summed E-state index contributed by atoms with van der Waals surface area (Å²) in [5.74, 6) is 0.439. The van der Waals surface area contributed by atoms with E-state index in [0.717, 1.165) is 30.6 Å². The highest BCUT2D eigenvalue weighted by molar-refractivity contribution is 6.03. The van der Waals surface area contributed by atoms with E-state index in [9.17, 15) is 9.59 Å². The van der Waals surface area contributed by atoms with Crippen molar-refractivity contribution in [1.29, 1.82) is 0 Å². The first-order chi connectivity index (χ1) is 12.1. The zero-order chi connectivity index (χ0) is 17.6. The quantitative estimate of drug-likeness (QED) is 0.929. The lowest BCUT2D eigenvalue weighted by Gasteiger charge is -2.22. The van der Waals surface area contributed by atoms with Crippen LogP contribution in [0, 0.1) is 6.92 Å². The summed E-state index contributed by atoms with van der Waals surface area (Å²) < 4.78 is 5.20. The van der Waals surface area contributed by atoms with Gasteiger partial charge in [-0.25, -0.2) is 0 Å². The molecule has 1 aromatic heterocycles. The highest BCUT2D eigenvalue weighted by atomic mass is 16.5. The highest BCUT2D eigenvalue weighted by Gasteiger charge is 2.35. The Morgan fingerprint density at radius 2 is 2.08 bits per heavy atom. The van der Waals surface area contributed by atoms with Gasteiger partial charge in [-0.2, -0.15) is 0 Å². The van der Waals surface area contributed by atoms with Crippen LogP contribution in [0.3, 0.4) is 0 Å². The number of carbonyl (C=O) groups excluding carboxylic acids is 2. The minimum atomic E-state index is -0.611. The average Bonchev–Trinajstić information content (AvgIpc) is 3.24. The molecule has 0 radical (unpaired) electrons. The predicted molar refractivity (Wildman–Crippen MR) is 92.6 cm³/mol. The average molecular weight is 339 g/mol. The maximum absolute atomic E-state index is 12.8. The number of fused-ring (bicyclic) bond motifs is 1. The molecule has 1 fully saturated rings. The molecule has 2 heterocycles. The smallest absolute Gasteiger partial charge is 0.257 e. The first-order valence-corrected chi connectivity index (χ1v) is 8.72. The maximum atomic E-state index is 12.8. The van der Waals surface area contributed by atoms with Gasteiger partial charge in [-0.3, -0.25) is 9.59 Å². The van der Waals surface area contributed by atoms with Crippen LogP contribution < -0.4 is 10.2 Å². The van der Waals surface area contributed by atoms with Crippen molar-refractivity contribution < 1.29 is 14.1 Å². The van der Waals surface area contributed by atoms with Crippen LogP contribution in [0.2, 0.25) is 0 Å². The number of aromatic nitrogens is 1. The number of aryl methyl sites for hydroxylation is 1. The highest BCUT2D eigenvalue weighted by Crippen LogP contribution is 2.41. The van der Waals surface area contributed by atoms with Crippen LogP contribution in [0.5, 0.6) is 0 Å². The lowest BCUT2D eigenvalue weighted by molar-refractivity contribution is -0.119. The van der Waals surface area contributed by atoms with Gasteiger partial charge in [0.05, 0.1) is 5.69 Å². The third kappa shape index (κ3) is 2.81. The van der Waals surface area contributed by atoms with E-state index < -0.39 is 6.04 Å². The molecule has 130 valence electrons. The van der Waals surface area contributed by atoms with E-state index in [1.165, 1.54) is 5.56 Å². The van der Waals surface area contributed by atoms with E-state index in [-0.39, 0.29) is 11.8 Å². The fourth-order valence-corrected chi connectivity index (χ4v) is 3.43. The summed E-state index contributed by atoms with van der Waals surface area (Å²) >= 11 is 0. The summed E-state index contributed by atoms with van der Waals surface area (Å²) in [4.78, 5) is 27.2. The Balaban J connectivity index is 1.49. The SMILES string of the molecule is Cc1onc(C2CC2)c1C(=O)NC(C)C(=O)N1CCc2ccccc21. The third-order valence-electron chi connectivity index (χ3n) is 4.95. The second-order valence-electron chi connectivity index (χ2n) is 6.84. The Labute approximate surface area is 146 Å². The van der Waals surface area contributed by atoms with Gasteiger partial charge in [0.1, 0.15) is 17.4 Å². The van der Waals surface area contributed by atoms with Gasteiger partial charge in [0.15, 0.2) is 0 Å². The van der Waals surface area contributed by atoms with Crippen LogP contribution in [0.25, 0.3) is 0 Å². The van der Waals surface area contributed by atoms with E-state index in [1.54, 1.807) is 18.7 Å². The molecular formula is C19H21N3O3. The minimum Gasteiger partial charge on any atom is -0.361 e. The van der Waals surface area contributed by atoms with Gasteiger partial charge in [0, 0.05) is 18.2 Å². The van der Waals surface area contributed by atoms with Crippen molar-refractivity contribution in [2.75, 3.05) is 11.4 Å². The Morgan fingerprint density at radius 3 is 2.84 bits per heavy atom. The Bertz CT molecular complexity index is 838. The molecule has 1 unspecified atom stereocenters. The summed E-state index contributed by atoms with van der Waals surface area (Å²) in [5.41, 5.74) is 3.32. The number of anilines is 1. The molecule has 6 nitrogen and oxygen atoms in total. The fraction of sp³-hybridized carbons (Fsp3) is 0.421. The number of benzene rings is 1. The number of carbonyl (C=O) groups is 2. The second kappa shape index (κ2) is 6.02. The van der Waals surface area contributed by atoms with Crippen molar-refractivity contribution >= 4 is 17.5 Å². The second-order valence-corrected chi connectivity index (χ2v) is 6.84. The zero-order valence-corrected chi connectivity index (χ0v) is 14.4. The largest absolute Gasteiger partial charge is 0.361 e. The van der Waals surface area contributed by atoms with Crippen molar-refractivity contribution in [3.05, 3.63) is 46.8 Å². The molecule has 2 aromatic rings. The first kappa shape index (κ1) is 15.9. The lowest BCUT2D eigenvalue weighted by atomic mass is 10.1. The molecule has 2 aliphatic rings. The molecule has 0 spiro atoms. The van der Waals surface area contributed by atoms with Crippen molar-refractivity contribution in [3.63, 3.8) is 0 Å². The van der Waals surface area contributed by atoms with Gasteiger partial charge >= 0.3 is 0 Å². The Kier molecular flexibility index (Phi) is 3.82. The minimum absolute atomic E-state index is 0.0969. The van der Waals surface area contributed by atoms with Crippen molar-refractivity contribution in [1.82, 2.24) is 10.5 Å². The summed E-state index contributed by atoms with van der Waals surface area (Å²) in [6.07, 6.45) is 2.91. The van der Waals surface area contributed by atoms with Gasteiger partial charge in [0.2, 0.25) is 5.91 Å². The molecule has 1 atom stereocenters. The molecular weight excluding hydrogens is 318 g/mol. The van der Waals surface area contributed by atoms with Gasteiger partial charge in [-0.15, -0.1) is 0 Å². The van der Waals surface area contributed by atoms with E-state index in [1.807, 2.05) is 24.3 Å². The topological polar surface area (TPSA) is 75.4 Å². The normalized spacial score (nSPS) is 17.3. The molecule has 1 aromatic carbocycles. The third-order valence-corrected chi connectivity index (χ3v) is 4.95. The van der Waals surface area contributed by atoms with Gasteiger partial charge < -0.3 is 14.7 Å². The van der Waals surface area contributed by atoms with Gasteiger partial charge in [-0.05, 0) is 44.7 Å². The van der Waals surface area contributed by atoms with Crippen LogP contribution in [0.4, 0.5) is 5.69 Å². The molecule has 25 heavy (non-hydrogen) atoms. The predicted octanol–water partition coefficient (Wildman–Crippen LogP) is 2.57. The van der Waals surface area contributed by atoms with E-state index in [0.29, 0.717) is 23.8 Å². The van der Waals surface area contributed by atoms with Crippen LogP contribution in [-0.4, -0.2) is 29.6 Å². The lowest BCUT2D eigenvalue weighted by Crippen LogP contribution is -2.46. The Morgan fingerprint density at radius 1 is 1.32 bits per heavy atom. The number of nitrogens with zero attached hydrogens (tertiary/aromatic N) is 2.